The standard InChI is InChI=1S/C12H11ClN4O2/c1-7-6-8(13)2-3-9(7)19-12-10(11(14)17-18)15-4-5-16-12/h2-6,18H,1H3,(H2,14,17). The SMILES string of the molecule is Cc1cc(Cl)ccc1Oc1nccnc1C(N)=NO. The lowest BCUT2D eigenvalue weighted by atomic mass is 10.2. The molecule has 1 aromatic carbocycles. The molecule has 6 nitrogen and oxygen atoms in total. The minimum Gasteiger partial charge on any atom is -0.437 e. The summed E-state index contributed by atoms with van der Waals surface area (Å²) in [6.07, 6.45) is 2.88. The molecule has 19 heavy (non-hydrogen) atoms. The fourth-order valence-corrected chi connectivity index (χ4v) is 1.68. The number of ether oxygens (including phenoxy) is 1. The average Bonchev–Trinajstić information content (AvgIpc) is 2.41. The molecule has 1 aromatic heterocycles. The Bertz CT molecular complexity index is 631. The maximum Gasteiger partial charge on any atom is 0.249 e. The molecule has 0 atom stereocenters. The largest absolute Gasteiger partial charge is 0.437 e. The lowest BCUT2D eigenvalue weighted by Gasteiger charge is -2.10. The molecule has 0 fully saturated rings. The van der Waals surface area contributed by atoms with Crippen molar-refractivity contribution in [2.24, 2.45) is 10.9 Å². The summed E-state index contributed by atoms with van der Waals surface area (Å²) in [4.78, 5) is 7.98. The molecule has 0 saturated heterocycles. The van der Waals surface area contributed by atoms with E-state index in [1.807, 2.05) is 6.92 Å². The van der Waals surface area contributed by atoms with Gasteiger partial charge in [0.2, 0.25) is 5.88 Å². The third kappa shape index (κ3) is 2.92. The topological polar surface area (TPSA) is 93.6 Å². The summed E-state index contributed by atoms with van der Waals surface area (Å²) in [6.45, 7) is 1.85. The van der Waals surface area contributed by atoms with Crippen LogP contribution < -0.4 is 10.5 Å². The van der Waals surface area contributed by atoms with E-state index in [2.05, 4.69) is 15.1 Å². The summed E-state index contributed by atoms with van der Waals surface area (Å²) in [7, 11) is 0. The smallest absolute Gasteiger partial charge is 0.249 e. The van der Waals surface area contributed by atoms with Crippen molar-refractivity contribution in [1.29, 1.82) is 0 Å². The number of benzene rings is 1. The summed E-state index contributed by atoms with van der Waals surface area (Å²) in [5.74, 6) is 0.551. The highest BCUT2D eigenvalue weighted by Crippen LogP contribution is 2.27. The molecule has 2 aromatic rings. The number of hydrogen-bond acceptors (Lipinski definition) is 5. The predicted octanol–water partition coefficient (Wildman–Crippen LogP) is 2.33. The van der Waals surface area contributed by atoms with E-state index in [4.69, 9.17) is 27.3 Å². The second-order valence-electron chi connectivity index (χ2n) is 3.71. The van der Waals surface area contributed by atoms with Gasteiger partial charge >= 0.3 is 0 Å². The number of hydrogen-bond donors (Lipinski definition) is 2. The fraction of sp³-hybridized carbons (Fsp3) is 0.0833. The molecule has 0 bridgehead atoms. The van der Waals surface area contributed by atoms with Crippen LogP contribution in [0.5, 0.6) is 11.6 Å². The minimum atomic E-state index is -0.172. The Kier molecular flexibility index (Phi) is 3.82. The third-order valence-electron chi connectivity index (χ3n) is 2.36. The summed E-state index contributed by atoms with van der Waals surface area (Å²) in [5, 5.41) is 12.2. The lowest BCUT2D eigenvalue weighted by Crippen LogP contribution is -2.16. The highest BCUT2D eigenvalue weighted by molar-refractivity contribution is 6.30. The van der Waals surface area contributed by atoms with Crippen LogP contribution in [0.1, 0.15) is 11.3 Å². The first-order chi connectivity index (χ1) is 9.11. The van der Waals surface area contributed by atoms with Crippen molar-refractivity contribution in [2.75, 3.05) is 0 Å². The van der Waals surface area contributed by atoms with Gasteiger partial charge in [-0.05, 0) is 30.7 Å². The number of nitrogens with two attached hydrogens (primary N) is 1. The van der Waals surface area contributed by atoms with Gasteiger partial charge < -0.3 is 15.7 Å². The van der Waals surface area contributed by atoms with Gasteiger partial charge in [-0.2, -0.15) is 0 Å². The van der Waals surface area contributed by atoms with Gasteiger partial charge in [0.05, 0.1) is 0 Å². The lowest BCUT2D eigenvalue weighted by molar-refractivity contribution is 0.318. The first-order valence-electron chi connectivity index (χ1n) is 5.34. The normalized spacial score (nSPS) is 11.4. The van der Waals surface area contributed by atoms with Crippen LogP contribution >= 0.6 is 11.6 Å². The van der Waals surface area contributed by atoms with Crippen molar-refractivity contribution in [3.63, 3.8) is 0 Å². The Hall–Kier alpha value is -2.34. The van der Waals surface area contributed by atoms with E-state index in [1.165, 1.54) is 12.4 Å². The Morgan fingerprint density at radius 3 is 2.79 bits per heavy atom. The zero-order chi connectivity index (χ0) is 13.8. The Morgan fingerprint density at radius 1 is 1.37 bits per heavy atom. The number of aromatic nitrogens is 2. The number of rotatable bonds is 3. The van der Waals surface area contributed by atoms with E-state index in [9.17, 15) is 0 Å². The number of aryl methyl sites for hydroxylation is 1. The number of amidine groups is 1. The van der Waals surface area contributed by atoms with E-state index in [0.717, 1.165) is 5.56 Å². The maximum atomic E-state index is 8.69. The van der Waals surface area contributed by atoms with Crippen LogP contribution in [0.25, 0.3) is 0 Å². The number of oxime groups is 1. The molecular formula is C12H11ClN4O2. The van der Waals surface area contributed by atoms with Gasteiger partial charge in [-0.25, -0.2) is 9.97 Å². The van der Waals surface area contributed by atoms with Crippen molar-refractivity contribution in [2.45, 2.75) is 6.92 Å². The summed E-state index contributed by atoms with van der Waals surface area (Å²) >= 11 is 5.87. The van der Waals surface area contributed by atoms with Gasteiger partial charge in [-0.1, -0.05) is 16.8 Å². The molecule has 0 radical (unpaired) electrons. The highest BCUT2D eigenvalue weighted by Gasteiger charge is 2.13. The molecule has 2 rings (SSSR count). The molecule has 0 aliphatic rings. The quantitative estimate of drug-likeness (QED) is 0.389. The van der Waals surface area contributed by atoms with Crippen molar-refractivity contribution >= 4 is 17.4 Å². The van der Waals surface area contributed by atoms with Gasteiger partial charge in [-0.15, -0.1) is 0 Å². The molecule has 1 heterocycles. The summed E-state index contributed by atoms with van der Waals surface area (Å²) in [5.41, 5.74) is 6.51. The van der Waals surface area contributed by atoms with Crippen LogP contribution in [0.2, 0.25) is 5.02 Å². The predicted molar refractivity (Wildman–Crippen MR) is 70.8 cm³/mol. The second kappa shape index (κ2) is 5.53. The van der Waals surface area contributed by atoms with E-state index in [0.29, 0.717) is 10.8 Å². The Balaban J connectivity index is 2.38. The van der Waals surface area contributed by atoms with Crippen molar-refractivity contribution in [3.05, 3.63) is 46.9 Å². The molecule has 98 valence electrons. The van der Waals surface area contributed by atoms with Crippen LogP contribution in [0.4, 0.5) is 0 Å². The zero-order valence-corrected chi connectivity index (χ0v) is 10.8. The maximum absolute atomic E-state index is 8.69. The van der Waals surface area contributed by atoms with Crippen LogP contribution in [0.15, 0.2) is 35.7 Å². The molecular weight excluding hydrogens is 268 g/mol. The molecule has 0 aliphatic heterocycles. The summed E-state index contributed by atoms with van der Waals surface area (Å²) in [6, 6.07) is 5.17. The van der Waals surface area contributed by atoms with Crippen molar-refractivity contribution in [1.82, 2.24) is 9.97 Å². The number of halogens is 1. The van der Waals surface area contributed by atoms with Gasteiger partial charge in [0.15, 0.2) is 11.5 Å². The van der Waals surface area contributed by atoms with Crippen LogP contribution in [0, 0.1) is 6.92 Å². The second-order valence-corrected chi connectivity index (χ2v) is 4.14. The molecule has 0 amide bonds. The van der Waals surface area contributed by atoms with E-state index >= 15 is 0 Å². The molecule has 0 aliphatic carbocycles. The molecule has 0 spiro atoms. The van der Waals surface area contributed by atoms with Gasteiger partial charge in [0, 0.05) is 17.4 Å². The van der Waals surface area contributed by atoms with Gasteiger partial charge in [0.25, 0.3) is 0 Å². The molecule has 7 heteroatoms. The molecule has 0 unspecified atom stereocenters. The van der Waals surface area contributed by atoms with Gasteiger partial charge in [-0.3, -0.25) is 0 Å². The number of nitrogens with zero attached hydrogens (tertiary/aromatic N) is 3. The fourth-order valence-electron chi connectivity index (χ4n) is 1.45. The minimum absolute atomic E-state index is 0.156. The zero-order valence-electron chi connectivity index (χ0n) is 10.0. The first kappa shape index (κ1) is 13.1. The van der Waals surface area contributed by atoms with Crippen molar-refractivity contribution < 1.29 is 9.94 Å². The van der Waals surface area contributed by atoms with Gasteiger partial charge in [0.1, 0.15) is 5.75 Å². The Morgan fingerprint density at radius 2 is 2.11 bits per heavy atom. The monoisotopic (exact) mass is 278 g/mol. The summed E-state index contributed by atoms with van der Waals surface area (Å²) < 4.78 is 5.61. The van der Waals surface area contributed by atoms with Crippen LogP contribution in [-0.2, 0) is 0 Å². The molecule has 3 N–H and O–H groups in total. The van der Waals surface area contributed by atoms with Crippen molar-refractivity contribution in [3.8, 4) is 11.6 Å². The van der Waals surface area contributed by atoms with Crippen LogP contribution in [-0.4, -0.2) is 21.0 Å². The first-order valence-corrected chi connectivity index (χ1v) is 5.72. The van der Waals surface area contributed by atoms with E-state index in [1.54, 1.807) is 18.2 Å². The van der Waals surface area contributed by atoms with E-state index < -0.39 is 0 Å². The Labute approximate surface area is 114 Å². The van der Waals surface area contributed by atoms with E-state index in [-0.39, 0.29) is 17.4 Å². The molecule has 0 saturated carbocycles. The third-order valence-corrected chi connectivity index (χ3v) is 2.59. The van der Waals surface area contributed by atoms with Crippen LogP contribution in [0.3, 0.4) is 0 Å². The highest BCUT2D eigenvalue weighted by atomic mass is 35.5. The average molecular weight is 279 g/mol.